The minimum atomic E-state index is -0.302. The molecule has 0 saturated carbocycles. The minimum absolute atomic E-state index is 0.302. The van der Waals surface area contributed by atoms with Gasteiger partial charge in [0.15, 0.2) is 0 Å². The van der Waals surface area contributed by atoms with Crippen molar-refractivity contribution < 1.29 is 4.74 Å². The SMILES string of the molecule is CC(C#N)OCCc1ccccc1. The molecule has 1 atom stereocenters. The fraction of sp³-hybridized carbons (Fsp3) is 0.364. The molecule has 0 radical (unpaired) electrons. The molecule has 0 bridgehead atoms. The molecule has 0 N–H and O–H groups in total. The Morgan fingerprint density at radius 3 is 2.69 bits per heavy atom. The maximum atomic E-state index is 8.46. The highest BCUT2D eigenvalue weighted by atomic mass is 16.5. The lowest BCUT2D eigenvalue weighted by atomic mass is 10.2. The van der Waals surface area contributed by atoms with Gasteiger partial charge < -0.3 is 4.74 Å². The molecule has 0 fully saturated rings. The summed E-state index contributed by atoms with van der Waals surface area (Å²) in [7, 11) is 0. The number of hydrogen-bond acceptors (Lipinski definition) is 2. The quantitative estimate of drug-likeness (QED) is 0.702. The third-order valence-electron chi connectivity index (χ3n) is 1.78. The third kappa shape index (κ3) is 3.73. The molecule has 0 saturated heterocycles. The molecule has 0 amide bonds. The smallest absolute Gasteiger partial charge is 0.141 e. The fourth-order valence-corrected chi connectivity index (χ4v) is 1.04. The molecule has 2 nitrogen and oxygen atoms in total. The van der Waals surface area contributed by atoms with E-state index in [0.29, 0.717) is 6.61 Å². The highest BCUT2D eigenvalue weighted by molar-refractivity contribution is 5.14. The van der Waals surface area contributed by atoms with Crippen LogP contribution >= 0.6 is 0 Å². The maximum absolute atomic E-state index is 8.46. The van der Waals surface area contributed by atoms with Gasteiger partial charge in [-0.2, -0.15) is 5.26 Å². The van der Waals surface area contributed by atoms with Gasteiger partial charge in [0.05, 0.1) is 12.7 Å². The summed E-state index contributed by atoms with van der Waals surface area (Å²) >= 11 is 0. The number of rotatable bonds is 4. The number of nitriles is 1. The van der Waals surface area contributed by atoms with Gasteiger partial charge in [-0.25, -0.2) is 0 Å². The second-order valence-electron chi connectivity index (χ2n) is 2.88. The van der Waals surface area contributed by atoms with Gasteiger partial charge in [0.1, 0.15) is 6.10 Å². The van der Waals surface area contributed by atoms with Gasteiger partial charge in [-0.05, 0) is 18.9 Å². The topological polar surface area (TPSA) is 33.0 Å². The van der Waals surface area contributed by atoms with Crippen molar-refractivity contribution in [2.24, 2.45) is 0 Å². The van der Waals surface area contributed by atoms with Crippen LogP contribution in [0.3, 0.4) is 0 Å². The zero-order valence-electron chi connectivity index (χ0n) is 7.73. The van der Waals surface area contributed by atoms with E-state index in [9.17, 15) is 0 Å². The molecule has 1 aromatic carbocycles. The summed E-state index contributed by atoms with van der Waals surface area (Å²) in [5.41, 5.74) is 1.24. The Balaban J connectivity index is 2.25. The zero-order valence-corrected chi connectivity index (χ0v) is 7.73. The molecule has 0 heterocycles. The van der Waals surface area contributed by atoms with E-state index >= 15 is 0 Å². The van der Waals surface area contributed by atoms with Crippen molar-refractivity contribution in [2.75, 3.05) is 6.61 Å². The van der Waals surface area contributed by atoms with Crippen LogP contribution in [0.5, 0.6) is 0 Å². The van der Waals surface area contributed by atoms with E-state index in [4.69, 9.17) is 10.00 Å². The number of ether oxygens (including phenoxy) is 1. The molecule has 0 spiro atoms. The predicted molar refractivity (Wildman–Crippen MR) is 51.2 cm³/mol. The average Bonchev–Trinajstić information content (AvgIpc) is 2.19. The molecule has 2 heteroatoms. The molecular formula is C11H13NO. The summed E-state index contributed by atoms with van der Waals surface area (Å²) in [6.07, 6.45) is 0.566. The van der Waals surface area contributed by atoms with E-state index in [1.54, 1.807) is 6.92 Å². The van der Waals surface area contributed by atoms with Crippen LogP contribution in [0, 0.1) is 11.3 Å². The highest BCUT2D eigenvalue weighted by Gasteiger charge is 1.98. The average molecular weight is 175 g/mol. The van der Waals surface area contributed by atoms with Crippen LogP contribution < -0.4 is 0 Å². The Kier molecular flexibility index (Phi) is 4.01. The number of hydrogen-bond donors (Lipinski definition) is 0. The molecule has 0 aliphatic carbocycles. The van der Waals surface area contributed by atoms with Crippen molar-refractivity contribution in [3.05, 3.63) is 35.9 Å². The normalized spacial score (nSPS) is 12.0. The van der Waals surface area contributed by atoms with Gasteiger partial charge >= 0.3 is 0 Å². The number of benzene rings is 1. The summed E-state index contributed by atoms with van der Waals surface area (Å²) in [4.78, 5) is 0. The summed E-state index contributed by atoms with van der Waals surface area (Å²) < 4.78 is 5.23. The minimum Gasteiger partial charge on any atom is -0.363 e. The van der Waals surface area contributed by atoms with Crippen LogP contribution in [0.25, 0.3) is 0 Å². The van der Waals surface area contributed by atoms with Crippen molar-refractivity contribution in [3.63, 3.8) is 0 Å². The summed E-state index contributed by atoms with van der Waals surface area (Å²) in [5.74, 6) is 0. The first kappa shape index (κ1) is 9.76. The van der Waals surface area contributed by atoms with Crippen LogP contribution in [0.2, 0.25) is 0 Å². The van der Waals surface area contributed by atoms with Gasteiger partial charge in [0.2, 0.25) is 0 Å². The molecule has 1 aromatic rings. The largest absolute Gasteiger partial charge is 0.363 e. The number of nitrogens with zero attached hydrogens (tertiary/aromatic N) is 1. The lowest BCUT2D eigenvalue weighted by molar-refractivity contribution is 0.105. The highest BCUT2D eigenvalue weighted by Crippen LogP contribution is 2.00. The summed E-state index contributed by atoms with van der Waals surface area (Å²) in [6.45, 7) is 2.36. The lowest BCUT2D eigenvalue weighted by Crippen LogP contribution is -2.07. The zero-order chi connectivity index (χ0) is 9.52. The Hall–Kier alpha value is -1.33. The molecule has 1 rings (SSSR count). The van der Waals surface area contributed by atoms with E-state index in [-0.39, 0.29) is 6.10 Å². The van der Waals surface area contributed by atoms with Crippen molar-refractivity contribution in [1.29, 1.82) is 5.26 Å². The third-order valence-corrected chi connectivity index (χ3v) is 1.78. The standard InChI is InChI=1S/C11H13NO/c1-10(9-12)13-8-7-11-5-3-2-4-6-11/h2-6,10H,7-8H2,1H3. The van der Waals surface area contributed by atoms with Gasteiger partial charge in [0, 0.05) is 0 Å². The molecule has 1 unspecified atom stereocenters. The van der Waals surface area contributed by atoms with Gasteiger partial charge in [0.25, 0.3) is 0 Å². The Morgan fingerprint density at radius 2 is 2.08 bits per heavy atom. The van der Waals surface area contributed by atoms with Gasteiger partial charge in [-0.3, -0.25) is 0 Å². The van der Waals surface area contributed by atoms with Crippen LogP contribution in [0.15, 0.2) is 30.3 Å². The lowest BCUT2D eigenvalue weighted by Gasteiger charge is -2.04. The summed E-state index contributed by atoms with van der Waals surface area (Å²) in [6, 6.07) is 12.1. The van der Waals surface area contributed by atoms with Crippen LogP contribution in [0.1, 0.15) is 12.5 Å². The van der Waals surface area contributed by atoms with Gasteiger partial charge in [-0.15, -0.1) is 0 Å². The van der Waals surface area contributed by atoms with E-state index in [1.165, 1.54) is 5.56 Å². The monoisotopic (exact) mass is 175 g/mol. The van der Waals surface area contributed by atoms with Crippen LogP contribution in [-0.2, 0) is 11.2 Å². The molecule has 13 heavy (non-hydrogen) atoms. The van der Waals surface area contributed by atoms with Crippen LogP contribution in [-0.4, -0.2) is 12.7 Å². The predicted octanol–water partition coefficient (Wildman–Crippen LogP) is 2.16. The van der Waals surface area contributed by atoms with E-state index < -0.39 is 0 Å². The van der Waals surface area contributed by atoms with Crippen molar-refractivity contribution in [3.8, 4) is 6.07 Å². The molecule has 68 valence electrons. The van der Waals surface area contributed by atoms with E-state index in [0.717, 1.165) is 6.42 Å². The Bertz CT molecular complexity index is 276. The van der Waals surface area contributed by atoms with E-state index in [2.05, 4.69) is 12.1 Å². The van der Waals surface area contributed by atoms with Crippen molar-refractivity contribution >= 4 is 0 Å². The second kappa shape index (κ2) is 5.34. The molecule has 0 aliphatic heterocycles. The fourth-order valence-electron chi connectivity index (χ4n) is 1.04. The Labute approximate surface area is 78.8 Å². The molecule has 0 aliphatic rings. The first-order chi connectivity index (χ1) is 6.33. The summed E-state index contributed by atoms with van der Waals surface area (Å²) in [5, 5.41) is 8.46. The van der Waals surface area contributed by atoms with Crippen molar-refractivity contribution in [2.45, 2.75) is 19.4 Å². The van der Waals surface area contributed by atoms with Crippen LogP contribution in [0.4, 0.5) is 0 Å². The molecular weight excluding hydrogens is 162 g/mol. The Morgan fingerprint density at radius 1 is 1.38 bits per heavy atom. The first-order valence-electron chi connectivity index (χ1n) is 4.38. The van der Waals surface area contributed by atoms with E-state index in [1.807, 2.05) is 24.3 Å². The first-order valence-corrected chi connectivity index (χ1v) is 4.38. The van der Waals surface area contributed by atoms with Gasteiger partial charge in [-0.1, -0.05) is 30.3 Å². The second-order valence-corrected chi connectivity index (χ2v) is 2.88. The molecule has 0 aromatic heterocycles. The van der Waals surface area contributed by atoms with Crippen molar-refractivity contribution in [1.82, 2.24) is 0 Å². The maximum Gasteiger partial charge on any atom is 0.141 e.